The van der Waals surface area contributed by atoms with Gasteiger partial charge in [0.2, 0.25) is 0 Å². The second kappa shape index (κ2) is 7.83. The Labute approximate surface area is 148 Å². The summed E-state index contributed by atoms with van der Waals surface area (Å²) >= 11 is 0. The molecule has 1 amide bonds. The van der Waals surface area contributed by atoms with Gasteiger partial charge in [-0.2, -0.15) is 0 Å². The lowest BCUT2D eigenvalue weighted by molar-refractivity contribution is -0.122. The van der Waals surface area contributed by atoms with Crippen molar-refractivity contribution in [1.82, 2.24) is 0 Å². The van der Waals surface area contributed by atoms with Crippen LogP contribution in [-0.2, 0) is 9.53 Å². The van der Waals surface area contributed by atoms with E-state index in [1.165, 1.54) is 7.11 Å². The summed E-state index contributed by atoms with van der Waals surface area (Å²) in [4.78, 5) is 24.2. The first-order valence-electron chi connectivity index (χ1n) is 8.06. The Morgan fingerprint density at radius 1 is 1.08 bits per heavy atom. The largest absolute Gasteiger partial charge is 0.481 e. The molecule has 0 saturated heterocycles. The third kappa shape index (κ3) is 4.38. The van der Waals surface area contributed by atoms with Crippen molar-refractivity contribution in [2.45, 2.75) is 33.8 Å². The minimum Gasteiger partial charge on any atom is -0.481 e. The topological polar surface area (TPSA) is 64.6 Å². The summed E-state index contributed by atoms with van der Waals surface area (Å²) in [5.74, 6) is -0.0495. The smallest absolute Gasteiger partial charge is 0.338 e. The number of ether oxygens (including phenoxy) is 2. The van der Waals surface area contributed by atoms with Gasteiger partial charge in [0.15, 0.2) is 6.10 Å². The summed E-state index contributed by atoms with van der Waals surface area (Å²) in [5, 5.41) is 2.81. The Morgan fingerprint density at radius 3 is 2.44 bits per heavy atom. The summed E-state index contributed by atoms with van der Waals surface area (Å²) in [7, 11) is 1.33. The van der Waals surface area contributed by atoms with E-state index in [1.54, 1.807) is 32.0 Å². The van der Waals surface area contributed by atoms with Crippen LogP contribution in [0.1, 0.15) is 34.0 Å². The molecule has 0 aliphatic heterocycles. The number of carbonyl (C=O) groups is 2. The van der Waals surface area contributed by atoms with E-state index in [-0.39, 0.29) is 5.91 Å². The van der Waals surface area contributed by atoms with E-state index in [4.69, 9.17) is 9.47 Å². The van der Waals surface area contributed by atoms with Crippen molar-refractivity contribution in [3.05, 3.63) is 58.7 Å². The molecule has 0 aliphatic rings. The minimum absolute atomic E-state index is 0.287. The van der Waals surface area contributed by atoms with Gasteiger partial charge in [0, 0.05) is 5.69 Å². The molecule has 5 heteroatoms. The van der Waals surface area contributed by atoms with Gasteiger partial charge in [-0.1, -0.05) is 23.8 Å². The second-order valence-corrected chi connectivity index (χ2v) is 5.99. The number of hydrogen-bond donors (Lipinski definition) is 1. The summed E-state index contributed by atoms with van der Waals surface area (Å²) in [5.41, 5.74) is 3.74. The molecule has 5 nitrogen and oxygen atoms in total. The lowest BCUT2D eigenvalue weighted by Crippen LogP contribution is -2.30. The van der Waals surface area contributed by atoms with Crippen LogP contribution in [0.3, 0.4) is 0 Å². The highest BCUT2D eigenvalue weighted by molar-refractivity contribution is 5.98. The average Bonchev–Trinajstić information content (AvgIpc) is 2.58. The molecule has 0 radical (unpaired) electrons. The zero-order valence-corrected chi connectivity index (χ0v) is 15.2. The maximum atomic E-state index is 12.4. The molecular formula is C20H23NO4. The molecule has 0 saturated carbocycles. The lowest BCUT2D eigenvalue weighted by Gasteiger charge is -2.18. The molecule has 0 spiro atoms. The maximum absolute atomic E-state index is 12.4. The fraction of sp³-hybridized carbons (Fsp3) is 0.300. The van der Waals surface area contributed by atoms with E-state index in [0.29, 0.717) is 22.6 Å². The number of hydrogen-bond acceptors (Lipinski definition) is 4. The molecule has 1 atom stereocenters. The molecule has 0 aromatic heterocycles. The molecule has 132 valence electrons. The third-order valence-corrected chi connectivity index (χ3v) is 4.00. The van der Waals surface area contributed by atoms with Gasteiger partial charge in [-0.15, -0.1) is 0 Å². The van der Waals surface area contributed by atoms with Crippen LogP contribution in [0.5, 0.6) is 5.75 Å². The summed E-state index contributed by atoms with van der Waals surface area (Å²) in [6.07, 6.45) is -0.678. The monoisotopic (exact) mass is 341 g/mol. The summed E-state index contributed by atoms with van der Waals surface area (Å²) in [6.45, 7) is 7.40. The van der Waals surface area contributed by atoms with Crippen LogP contribution >= 0.6 is 0 Å². The van der Waals surface area contributed by atoms with E-state index >= 15 is 0 Å². The number of benzene rings is 2. The molecule has 0 fully saturated rings. The first-order valence-corrected chi connectivity index (χ1v) is 8.06. The summed E-state index contributed by atoms with van der Waals surface area (Å²) in [6, 6.07) is 10.9. The predicted octanol–water partition coefficient (Wildman–Crippen LogP) is 3.80. The quantitative estimate of drug-likeness (QED) is 0.840. The molecule has 2 rings (SSSR count). The van der Waals surface area contributed by atoms with E-state index in [0.717, 1.165) is 11.1 Å². The van der Waals surface area contributed by atoms with E-state index in [2.05, 4.69) is 5.32 Å². The maximum Gasteiger partial charge on any atom is 0.338 e. The van der Waals surface area contributed by atoms with Crippen LogP contribution in [0.2, 0.25) is 0 Å². The van der Waals surface area contributed by atoms with Gasteiger partial charge < -0.3 is 14.8 Å². The van der Waals surface area contributed by atoms with Gasteiger partial charge in [0.05, 0.1) is 12.7 Å². The number of nitrogens with one attached hydrogen (secondary N) is 1. The molecule has 0 unspecified atom stereocenters. The van der Waals surface area contributed by atoms with Gasteiger partial charge in [-0.05, 0) is 57.0 Å². The highest BCUT2D eigenvalue weighted by Crippen LogP contribution is 2.22. The van der Waals surface area contributed by atoms with Gasteiger partial charge in [-0.25, -0.2) is 4.79 Å². The predicted molar refractivity (Wildman–Crippen MR) is 97.2 cm³/mol. The minimum atomic E-state index is -0.678. The lowest BCUT2D eigenvalue weighted by atomic mass is 10.1. The van der Waals surface area contributed by atoms with Crippen LogP contribution in [0.15, 0.2) is 36.4 Å². The van der Waals surface area contributed by atoms with Gasteiger partial charge >= 0.3 is 5.97 Å². The van der Waals surface area contributed by atoms with Gasteiger partial charge in [-0.3, -0.25) is 4.79 Å². The fourth-order valence-electron chi connectivity index (χ4n) is 2.51. The Kier molecular flexibility index (Phi) is 5.80. The van der Waals surface area contributed by atoms with Gasteiger partial charge in [0.25, 0.3) is 5.91 Å². The van der Waals surface area contributed by atoms with Crippen LogP contribution in [-0.4, -0.2) is 25.1 Å². The van der Waals surface area contributed by atoms with E-state index in [1.807, 2.05) is 32.0 Å². The Morgan fingerprint density at radius 2 is 1.80 bits per heavy atom. The van der Waals surface area contributed by atoms with Crippen molar-refractivity contribution in [2.75, 3.05) is 12.4 Å². The van der Waals surface area contributed by atoms with Crippen molar-refractivity contribution in [2.24, 2.45) is 0 Å². The van der Waals surface area contributed by atoms with E-state index < -0.39 is 12.1 Å². The number of aryl methyl sites for hydroxylation is 2. The molecular weight excluding hydrogens is 318 g/mol. The number of esters is 1. The van der Waals surface area contributed by atoms with Crippen molar-refractivity contribution < 1.29 is 19.1 Å². The summed E-state index contributed by atoms with van der Waals surface area (Å²) < 4.78 is 10.5. The standard InChI is InChI=1S/C20H23NO4/c1-12-9-10-18(13(2)11-12)25-15(4)19(22)21-17-8-6-7-16(14(17)3)20(23)24-5/h6-11,15H,1-5H3,(H,21,22)/t15-/m1/s1. The van der Waals surface area contributed by atoms with Crippen LogP contribution in [0.4, 0.5) is 5.69 Å². The zero-order chi connectivity index (χ0) is 18.6. The van der Waals surface area contributed by atoms with Crippen molar-refractivity contribution in [3.63, 3.8) is 0 Å². The number of amides is 1. The molecule has 1 N–H and O–H groups in total. The highest BCUT2D eigenvalue weighted by Gasteiger charge is 2.18. The third-order valence-electron chi connectivity index (χ3n) is 4.00. The normalized spacial score (nSPS) is 11.6. The second-order valence-electron chi connectivity index (χ2n) is 5.99. The highest BCUT2D eigenvalue weighted by atomic mass is 16.5. The number of rotatable bonds is 5. The van der Waals surface area contributed by atoms with Crippen molar-refractivity contribution in [3.8, 4) is 5.75 Å². The fourth-order valence-corrected chi connectivity index (χ4v) is 2.51. The zero-order valence-electron chi connectivity index (χ0n) is 15.2. The van der Waals surface area contributed by atoms with Crippen LogP contribution in [0, 0.1) is 20.8 Å². The van der Waals surface area contributed by atoms with Crippen LogP contribution in [0.25, 0.3) is 0 Å². The molecule has 0 aliphatic carbocycles. The van der Waals surface area contributed by atoms with Crippen molar-refractivity contribution >= 4 is 17.6 Å². The van der Waals surface area contributed by atoms with E-state index in [9.17, 15) is 9.59 Å². The molecule has 0 heterocycles. The molecule has 2 aromatic carbocycles. The van der Waals surface area contributed by atoms with Crippen LogP contribution < -0.4 is 10.1 Å². The first-order chi connectivity index (χ1) is 11.8. The first kappa shape index (κ1) is 18.5. The Balaban J connectivity index is 2.12. The molecule has 0 bridgehead atoms. The Hall–Kier alpha value is -2.82. The number of anilines is 1. The molecule has 2 aromatic rings. The Bertz CT molecular complexity index is 798. The number of carbonyl (C=O) groups excluding carboxylic acids is 2. The average molecular weight is 341 g/mol. The molecule has 25 heavy (non-hydrogen) atoms. The SMILES string of the molecule is COC(=O)c1cccc(NC(=O)[C@@H](C)Oc2ccc(C)cc2C)c1C. The van der Waals surface area contributed by atoms with Gasteiger partial charge in [0.1, 0.15) is 5.75 Å². The number of methoxy groups -OCH3 is 1. The van der Waals surface area contributed by atoms with Crippen molar-refractivity contribution in [1.29, 1.82) is 0 Å².